The molecule has 0 aliphatic carbocycles. The van der Waals surface area contributed by atoms with Crippen LogP contribution in [0.5, 0.6) is 0 Å². The topological polar surface area (TPSA) is 30.0 Å². The molecule has 0 spiro atoms. The van der Waals surface area contributed by atoms with Crippen molar-refractivity contribution in [1.29, 1.82) is 0 Å². The molecule has 0 aliphatic rings. The van der Waals surface area contributed by atoms with Gasteiger partial charge in [0, 0.05) is 6.20 Å². The van der Waals surface area contributed by atoms with Gasteiger partial charge >= 0.3 is 0 Å². The van der Waals surface area contributed by atoms with E-state index in [0.29, 0.717) is 0 Å². The molecule has 2 rings (SSSR count). The lowest BCUT2D eigenvalue weighted by Crippen LogP contribution is -1.93. The van der Waals surface area contributed by atoms with Gasteiger partial charge in [0.05, 0.1) is 14.8 Å². The highest BCUT2D eigenvalue weighted by Gasteiger charge is 2.11. The monoisotopic (exact) mass is 209 g/mol. The van der Waals surface area contributed by atoms with E-state index in [9.17, 15) is 4.79 Å². The highest BCUT2D eigenvalue weighted by Crippen LogP contribution is 2.19. The number of aryl methyl sites for hydroxylation is 1. The zero-order valence-corrected chi connectivity index (χ0v) is 8.61. The van der Waals surface area contributed by atoms with E-state index in [4.69, 9.17) is 0 Å². The van der Waals surface area contributed by atoms with Gasteiger partial charge in [0.15, 0.2) is 0 Å². The first kappa shape index (κ1) is 8.59. The average Bonchev–Trinajstić information content (AvgIpc) is 2.72. The van der Waals surface area contributed by atoms with Gasteiger partial charge in [-0.3, -0.25) is 4.79 Å². The van der Waals surface area contributed by atoms with Crippen molar-refractivity contribution in [2.75, 3.05) is 0 Å². The predicted octanol–water partition coefficient (Wildman–Crippen LogP) is 2.74. The van der Waals surface area contributed by atoms with Crippen LogP contribution < -0.4 is 0 Å². The number of hydrogen-bond donors (Lipinski definition) is 0. The minimum atomic E-state index is 0.0839. The molecule has 0 N–H and O–H groups in total. The van der Waals surface area contributed by atoms with E-state index in [2.05, 4.69) is 4.98 Å². The van der Waals surface area contributed by atoms with Crippen LogP contribution >= 0.6 is 22.7 Å². The normalized spacial score (nSPS) is 10.2. The van der Waals surface area contributed by atoms with Gasteiger partial charge in [-0.15, -0.1) is 22.7 Å². The van der Waals surface area contributed by atoms with Crippen LogP contribution in [0.1, 0.15) is 19.6 Å². The number of carbonyl (C=O) groups excluding carboxylic acids is 1. The molecule has 2 heterocycles. The highest BCUT2D eigenvalue weighted by molar-refractivity contribution is 7.16. The van der Waals surface area contributed by atoms with E-state index in [-0.39, 0.29) is 5.78 Å². The van der Waals surface area contributed by atoms with Crippen LogP contribution in [0, 0.1) is 6.92 Å². The Bertz CT molecular complexity index is 417. The molecule has 2 nitrogen and oxygen atoms in total. The Kier molecular flexibility index (Phi) is 2.24. The van der Waals surface area contributed by atoms with E-state index in [1.54, 1.807) is 6.20 Å². The van der Waals surface area contributed by atoms with E-state index in [1.807, 2.05) is 24.4 Å². The fourth-order valence-corrected chi connectivity index (χ4v) is 2.47. The molecule has 0 aliphatic heterocycles. The number of aromatic nitrogens is 1. The summed E-state index contributed by atoms with van der Waals surface area (Å²) in [7, 11) is 0. The first-order valence-electron chi connectivity index (χ1n) is 3.78. The fraction of sp³-hybridized carbons (Fsp3) is 0.111. The maximum absolute atomic E-state index is 11.7. The average molecular weight is 209 g/mol. The molecular formula is C9H7NOS2. The minimum Gasteiger partial charge on any atom is -0.287 e. The Morgan fingerprint density at radius 2 is 2.31 bits per heavy atom. The zero-order chi connectivity index (χ0) is 9.26. The number of rotatable bonds is 2. The van der Waals surface area contributed by atoms with Crippen LogP contribution in [0.4, 0.5) is 0 Å². The largest absolute Gasteiger partial charge is 0.287 e. The summed E-state index contributed by atoms with van der Waals surface area (Å²) in [6.07, 6.45) is 1.64. The summed E-state index contributed by atoms with van der Waals surface area (Å²) in [5, 5.41) is 2.83. The highest BCUT2D eigenvalue weighted by atomic mass is 32.1. The smallest absolute Gasteiger partial charge is 0.214 e. The van der Waals surface area contributed by atoms with Crippen molar-refractivity contribution in [2.24, 2.45) is 0 Å². The zero-order valence-electron chi connectivity index (χ0n) is 6.98. The van der Waals surface area contributed by atoms with E-state index in [0.717, 1.165) is 14.8 Å². The van der Waals surface area contributed by atoms with E-state index >= 15 is 0 Å². The maximum Gasteiger partial charge on any atom is 0.214 e. The summed E-state index contributed by atoms with van der Waals surface area (Å²) >= 11 is 2.90. The standard InChI is InChI=1S/C9H7NOS2/c1-6-10-5-8(13-6)9(11)7-3-2-4-12-7/h2-5H,1H3. The first-order valence-corrected chi connectivity index (χ1v) is 5.47. The molecule has 0 bridgehead atoms. The van der Waals surface area contributed by atoms with Crippen molar-refractivity contribution in [3.63, 3.8) is 0 Å². The molecule has 0 amide bonds. The Morgan fingerprint density at radius 1 is 1.46 bits per heavy atom. The number of ketones is 1. The summed E-state index contributed by atoms with van der Waals surface area (Å²) in [4.78, 5) is 17.3. The Hall–Kier alpha value is -1.00. The third-order valence-electron chi connectivity index (χ3n) is 1.59. The lowest BCUT2D eigenvalue weighted by Gasteiger charge is -1.89. The van der Waals surface area contributed by atoms with Crippen LogP contribution in [0.25, 0.3) is 0 Å². The molecule has 13 heavy (non-hydrogen) atoms. The van der Waals surface area contributed by atoms with E-state index < -0.39 is 0 Å². The number of thiophene rings is 1. The van der Waals surface area contributed by atoms with Gasteiger partial charge in [0.2, 0.25) is 5.78 Å². The van der Waals surface area contributed by atoms with Crippen LogP contribution in [0.2, 0.25) is 0 Å². The van der Waals surface area contributed by atoms with Crippen LogP contribution in [0.15, 0.2) is 23.7 Å². The molecule has 4 heteroatoms. The first-order chi connectivity index (χ1) is 6.27. The molecular weight excluding hydrogens is 202 g/mol. The van der Waals surface area contributed by atoms with Crippen LogP contribution in [-0.4, -0.2) is 10.8 Å². The Balaban J connectivity index is 2.33. The summed E-state index contributed by atoms with van der Waals surface area (Å²) in [6.45, 7) is 1.90. The summed E-state index contributed by atoms with van der Waals surface area (Å²) in [6, 6.07) is 3.72. The molecule has 2 aromatic rings. The van der Waals surface area contributed by atoms with Gasteiger partial charge < -0.3 is 0 Å². The molecule has 0 fully saturated rings. The van der Waals surface area contributed by atoms with Gasteiger partial charge in [-0.1, -0.05) is 6.07 Å². The molecule has 66 valence electrons. The van der Waals surface area contributed by atoms with E-state index in [1.165, 1.54) is 22.7 Å². The fourth-order valence-electron chi connectivity index (χ4n) is 0.996. The number of nitrogens with zero attached hydrogens (tertiary/aromatic N) is 1. The molecule has 0 saturated heterocycles. The Labute approximate surface area is 83.9 Å². The van der Waals surface area contributed by atoms with Gasteiger partial charge in [-0.25, -0.2) is 4.98 Å². The summed E-state index contributed by atoms with van der Waals surface area (Å²) < 4.78 is 0. The summed E-state index contributed by atoms with van der Waals surface area (Å²) in [5.74, 6) is 0.0839. The van der Waals surface area contributed by atoms with Crippen LogP contribution in [0.3, 0.4) is 0 Å². The van der Waals surface area contributed by atoms with Gasteiger partial charge in [0.25, 0.3) is 0 Å². The van der Waals surface area contributed by atoms with Gasteiger partial charge in [-0.2, -0.15) is 0 Å². The predicted molar refractivity (Wildman–Crippen MR) is 54.6 cm³/mol. The number of hydrogen-bond acceptors (Lipinski definition) is 4. The second-order valence-corrected chi connectivity index (χ2v) is 4.73. The lowest BCUT2D eigenvalue weighted by molar-refractivity contribution is 0.104. The molecule has 0 unspecified atom stereocenters. The minimum absolute atomic E-state index is 0.0839. The van der Waals surface area contributed by atoms with Crippen molar-refractivity contribution in [3.8, 4) is 0 Å². The molecule has 0 atom stereocenters. The third kappa shape index (κ3) is 1.68. The molecule has 0 radical (unpaired) electrons. The van der Waals surface area contributed by atoms with Gasteiger partial charge in [0.1, 0.15) is 0 Å². The number of carbonyl (C=O) groups is 1. The van der Waals surface area contributed by atoms with Gasteiger partial charge in [-0.05, 0) is 18.4 Å². The second kappa shape index (κ2) is 3.40. The Morgan fingerprint density at radius 3 is 2.85 bits per heavy atom. The van der Waals surface area contributed by atoms with Crippen molar-refractivity contribution < 1.29 is 4.79 Å². The van der Waals surface area contributed by atoms with Crippen molar-refractivity contribution in [2.45, 2.75) is 6.92 Å². The SMILES string of the molecule is Cc1ncc(C(=O)c2cccs2)s1. The van der Waals surface area contributed by atoms with Crippen LogP contribution in [-0.2, 0) is 0 Å². The van der Waals surface area contributed by atoms with Crippen molar-refractivity contribution in [3.05, 3.63) is 38.5 Å². The second-order valence-electron chi connectivity index (χ2n) is 2.55. The van der Waals surface area contributed by atoms with Crippen molar-refractivity contribution in [1.82, 2.24) is 4.98 Å². The quantitative estimate of drug-likeness (QED) is 0.712. The molecule has 0 saturated carbocycles. The lowest BCUT2D eigenvalue weighted by atomic mass is 10.3. The third-order valence-corrected chi connectivity index (χ3v) is 3.37. The molecule has 2 aromatic heterocycles. The maximum atomic E-state index is 11.7. The summed E-state index contributed by atoms with van der Waals surface area (Å²) in [5.41, 5.74) is 0. The number of thiazole rings is 1. The molecule has 0 aromatic carbocycles. The van der Waals surface area contributed by atoms with Crippen molar-refractivity contribution >= 4 is 28.5 Å².